The number of carbonyl (C=O) groups excluding carboxylic acids is 3. The molecule has 1 saturated carbocycles. The third-order valence-electron chi connectivity index (χ3n) is 18.0. The Bertz CT molecular complexity index is 2700. The van der Waals surface area contributed by atoms with Crippen molar-refractivity contribution in [2.75, 3.05) is 92.7 Å². The third-order valence-corrected chi connectivity index (χ3v) is 18.0. The van der Waals surface area contributed by atoms with Crippen LogP contribution in [0.5, 0.6) is 0 Å². The number of esters is 2. The minimum atomic E-state index is -1.89. The number of rotatable bonds is 25. The molecule has 1 amide bonds. The number of likely N-dealkylation sites (N-methyl/N-ethyl adjacent to an activating group) is 2. The molecule has 0 radical (unpaired) electrons. The van der Waals surface area contributed by atoms with Crippen molar-refractivity contribution in [2.45, 2.75) is 211 Å². The lowest BCUT2D eigenvalue weighted by atomic mass is 9.77. The van der Waals surface area contributed by atoms with Gasteiger partial charge in [-0.15, -0.1) is 0 Å². The van der Waals surface area contributed by atoms with E-state index in [1.807, 2.05) is 44.8 Å². The molecule has 0 spiro atoms. The predicted molar refractivity (Wildman–Crippen MR) is 322 cm³/mol. The maximum atomic E-state index is 15.0. The van der Waals surface area contributed by atoms with Crippen molar-refractivity contribution in [2.24, 2.45) is 17.8 Å². The number of aliphatic hydroxyl groups is 4. The summed E-state index contributed by atoms with van der Waals surface area (Å²) >= 11 is 0. The largest absolute Gasteiger partial charge is 0.477 e. The average molecular weight is 1250 g/mol. The van der Waals surface area contributed by atoms with Gasteiger partial charge in [0.1, 0.15) is 47.4 Å². The van der Waals surface area contributed by atoms with Gasteiger partial charge < -0.3 is 98.5 Å². The fraction of sp³-hybridized carbons (Fsp3) is 0.790. The van der Waals surface area contributed by atoms with Gasteiger partial charge in [-0.1, -0.05) is 20.8 Å². The Labute approximate surface area is 516 Å². The van der Waals surface area contributed by atoms with Crippen molar-refractivity contribution < 1.29 is 91.7 Å². The van der Waals surface area contributed by atoms with Gasteiger partial charge in [-0.3, -0.25) is 19.2 Å². The van der Waals surface area contributed by atoms with Crippen LogP contribution in [0.15, 0.2) is 23.1 Å². The molecular weight excluding hydrogens is 1150 g/mol. The van der Waals surface area contributed by atoms with Gasteiger partial charge in [0.15, 0.2) is 18.7 Å². The summed E-state index contributed by atoms with van der Waals surface area (Å²) in [7, 11) is 6.98. The van der Waals surface area contributed by atoms with Gasteiger partial charge in [0.2, 0.25) is 11.3 Å². The Balaban J connectivity index is 1.00. The summed E-state index contributed by atoms with van der Waals surface area (Å²) in [6, 6.07) is 1.69. The number of fused-ring (bicyclic) bond motifs is 1. The first-order chi connectivity index (χ1) is 41.3. The molecule has 1 aromatic carbocycles. The van der Waals surface area contributed by atoms with Crippen molar-refractivity contribution in [1.82, 2.24) is 25.0 Å². The number of halogens is 1. The number of carbonyl (C=O) groups is 4. The molecule has 500 valence electrons. The van der Waals surface area contributed by atoms with Crippen molar-refractivity contribution in [1.29, 1.82) is 0 Å². The van der Waals surface area contributed by atoms with Gasteiger partial charge in [0.05, 0.1) is 73.6 Å². The molecule has 4 heterocycles. The predicted octanol–water partition coefficient (Wildman–Crippen LogP) is 3.18. The van der Waals surface area contributed by atoms with Gasteiger partial charge in [-0.25, -0.2) is 9.18 Å². The molecule has 0 bridgehead atoms. The molecule has 26 heteroatoms. The number of aromatic nitrogens is 1. The number of anilines is 1. The maximum absolute atomic E-state index is 15.0. The number of aromatic carboxylic acids is 1. The second-order valence-electron chi connectivity index (χ2n) is 25.7. The average Bonchev–Trinajstić information content (AvgIpc) is 2.38. The van der Waals surface area contributed by atoms with Crippen molar-refractivity contribution in [3.8, 4) is 0 Å². The second kappa shape index (κ2) is 31.7. The minimum Gasteiger partial charge on any atom is -0.477 e. The maximum Gasteiger partial charge on any atom is 0.341 e. The zero-order valence-electron chi connectivity index (χ0n) is 54.0. The zero-order valence-corrected chi connectivity index (χ0v) is 54.0. The Morgan fingerprint density at radius 3 is 2.19 bits per heavy atom. The monoisotopic (exact) mass is 1250 g/mol. The molecule has 8 N–H and O–H groups in total. The van der Waals surface area contributed by atoms with E-state index in [9.17, 15) is 49.5 Å². The molecule has 6 rings (SSSR count). The number of benzene rings is 1. The molecule has 1 aliphatic carbocycles. The highest BCUT2D eigenvalue weighted by Gasteiger charge is 2.54. The second-order valence-corrected chi connectivity index (χ2v) is 25.7. The molecule has 0 unspecified atom stereocenters. The van der Waals surface area contributed by atoms with Crippen LogP contribution in [-0.4, -0.2) is 241 Å². The van der Waals surface area contributed by atoms with E-state index < -0.39 is 137 Å². The van der Waals surface area contributed by atoms with Crippen molar-refractivity contribution in [3.63, 3.8) is 0 Å². The highest BCUT2D eigenvalue weighted by Crippen LogP contribution is 2.42. The molecule has 1 aromatic heterocycles. The Morgan fingerprint density at radius 1 is 0.898 bits per heavy atom. The number of aliphatic hydroxyl groups excluding tert-OH is 2. The fourth-order valence-electron chi connectivity index (χ4n) is 12.8. The molecule has 4 aliphatic rings. The number of hydrogen-bond donors (Lipinski definition) is 8. The number of nitrogens with one attached hydrogen (secondary N) is 3. The van der Waals surface area contributed by atoms with Crippen LogP contribution in [0.4, 0.5) is 10.1 Å². The number of amides is 1. The van der Waals surface area contributed by atoms with Gasteiger partial charge >= 0.3 is 17.9 Å². The van der Waals surface area contributed by atoms with E-state index in [4.69, 9.17) is 42.6 Å². The first-order valence-electron chi connectivity index (χ1n) is 31.1. The highest BCUT2D eigenvalue weighted by molar-refractivity contribution is 5.93. The molecule has 3 saturated heterocycles. The lowest BCUT2D eigenvalue weighted by molar-refractivity contribution is -0.318. The highest BCUT2D eigenvalue weighted by atomic mass is 19.1. The van der Waals surface area contributed by atoms with E-state index in [1.54, 1.807) is 53.0 Å². The van der Waals surface area contributed by atoms with Crippen LogP contribution in [0.1, 0.15) is 131 Å². The van der Waals surface area contributed by atoms with Crippen LogP contribution >= 0.6 is 0 Å². The number of pyridine rings is 1. The molecular formula is C62H101FN6O19. The number of carboxylic acid groups (broad SMARTS) is 1. The minimum absolute atomic E-state index is 0.0125. The summed E-state index contributed by atoms with van der Waals surface area (Å²) in [6.45, 7) is 19.3. The lowest BCUT2D eigenvalue weighted by Gasteiger charge is -2.49. The van der Waals surface area contributed by atoms with Crippen molar-refractivity contribution >= 4 is 40.4 Å². The van der Waals surface area contributed by atoms with Gasteiger partial charge in [-0.05, 0) is 120 Å². The standard InChI is InChI=1S/C62H101FN6O19/c1-15-47-62(10,79)54(74)38(6)68(13)32-34(2)29-60(8,78)55(88-59-52(73)46(67(11)12)26-35(3)83-59)36(4)53(37(5)58(77)85-47)87-50-30-61(9,80-14)56(39(7)84-50)86-49(71)31-66-48(70)18-19-64-20-22-81-24-25-82-23-21-65-44-28-45-41(27-43(44)63)51(72)42(57(75)76)33-69(45)40-16-17-40/h27-28,33-40,46-47,50,52-56,59,64-65,73-74,78-79H,15-26,29-32H2,1-14H3,(H,66,70)(H,75,76)/t34-,35-,36-,37-,38-,39+,46+,47+,50+,52-,53+,54-,55-,56+,59+,60-,61-,62-/m1/s1. The summed E-state index contributed by atoms with van der Waals surface area (Å²) in [5.41, 5.74) is -5.29. The number of nitrogens with zero attached hydrogens (tertiary/aromatic N) is 3. The molecule has 25 nitrogen and oxygen atoms in total. The molecule has 4 fully saturated rings. The summed E-state index contributed by atoms with van der Waals surface area (Å²) in [5.74, 6) is -6.18. The normalized spacial score (nSPS) is 34.8. The van der Waals surface area contributed by atoms with E-state index in [2.05, 4.69) is 16.0 Å². The van der Waals surface area contributed by atoms with Gasteiger partial charge in [0, 0.05) is 81.8 Å². The third kappa shape index (κ3) is 18.4. The smallest absolute Gasteiger partial charge is 0.341 e. The fourth-order valence-corrected chi connectivity index (χ4v) is 12.8. The SMILES string of the molecule is CC[C@@H]1OC(=O)[C@H](C)[C@@H](O[C@H]2C[C@@](C)(OC)[C@@H](OC(=O)CNC(=O)CCNCCOCCOCCNc3cc4c(cc3F)c(=O)c(C(=O)O)cn4C3CC3)[C@H](C)O2)[C@@H](C)[C@@H](O[C@@H]2O[C@H](C)C[C@H](N(C)C)[C@H]2O)[C@](C)(O)C[C@@H](C)CN(C)[C@H](C)[C@@H](O)[C@]1(C)O. The number of cyclic esters (lactones) is 1. The Kier molecular flexibility index (Phi) is 26.1. The number of hydrogen-bond acceptors (Lipinski definition) is 22. The lowest BCUT2D eigenvalue weighted by Crippen LogP contribution is -2.61. The van der Waals surface area contributed by atoms with E-state index in [0.29, 0.717) is 31.6 Å². The van der Waals surface area contributed by atoms with E-state index in [0.717, 1.165) is 18.9 Å². The van der Waals surface area contributed by atoms with Crippen LogP contribution in [0, 0.1) is 23.6 Å². The van der Waals surface area contributed by atoms with Crippen molar-refractivity contribution in [3.05, 3.63) is 39.9 Å². The Morgan fingerprint density at radius 2 is 1.57 bits per heavy atom. The quantitative estimate of drug-likeness (QED) is 0.0523. The van der Waals surface area contributed by atoms with Crippen LogP contribution in [0.3, 0.4) is 0 Å². The van der Waals surface area contributed by atoms with E-state index in [1.165, 1.54) is 26.3 Å². The molecule has 3 aliphatic heterocycles. The van der Waals surface area contributed by atoms with E-state index >= 15 is 4.39 Å². The zero-order chi connectivity index (χ0) is 65.2. The van der Waals surface area contributed by atoms with Crippen LogP contribution in [-0.2, 0) is 57.0 Å². The van der Waals surface area contributed by atoms with E-state index in [-0.39, 0.29) is 93.8 Å². The summed E-state index contributed by atoms with van der Waals surface area (Å²) in [6.07, 6.45) is -6.60. The molecule has 2 aromatic rings. The van der Waals surface area contributed by atoms with Crippen LogP contribution in [0.25, 0.3) is 10.9 Å². The molecule has 18 atom stereocenters. The summed E-state index contributed by atoms with van der Waals surface area (Å²) in [4.78, 5) is 69.0. The summed E-state index contributed by atoms with van der Waals surface area (Å²) in [5, 5.41) is 66.3. The topological polar surface area (TPSA) is 317 Å². The van der Waals surface area contributed by atoms with Gasteiger partial charge in [0.25, 0.3) is 0 Å². The Hall–Kier alpha value is -4.52. The number of methoxy groups -OCH3 is 1. The first kappa shape index (κ1) is 72.5. The summed E-state index contributed by atoms with van der Waals surface area (Å²) < 4.78 is 72.5. The molecule has 88 heavy (non-hydrogen) atoms. The number of carboxylic acids is 1. The van der Waals surface area contributed by atoms with Crippen LogP contribution in [0.2, 0.25) is 0 Å². The van der Waals surface area contributed by atoms with Gasteiger partial charge in [-0.2, -0.15) is 0 Å². The van der Waals surface area contributed by atoms with Crippen LogP contribution < -0.4 is 21.4 Å². The number of ether oxygens (including phenoxy) is 9. The first-order valence-corrected chi connectivity index (χ1v) is 31.1.